The first-order valence-electron chi connectivity index (χ1n) is 6.54. The number of nitrogens with zero attached hydrogens (tertiary/aromatic N) is 1. The molecule has 0 aliphatic heterocycles. The van der Waals surface area contributed by atoms with E-state index in [1.165, 1.54) is 4.90 Å². The molecule has 0 radical (unpaired) electrons. The van der Waals surface area contributed by atoms with Crippen LogP contribution in [0.2, 0.25) is 0 Å². The molecule has 112 valence electrons. The van der Waals surface area contributed by atoms with Crippen molar-refractivity contribution in [2.75, 3.05) is 25.9 Å². The van der Waals surface area contributed by atoms with Crippen LogP contribution in [0.3, 0.4) is 0 Å². The van der Waals surface area contributed by atoms with Crippen LogP contribution in [0.4, 0.5) is 0 Å². The summed E-state index contributed by atoms with van der Waals surface area (Å²) in [5.74, 6) is -0.946. The first kappa shape index (κ1) is 16.7. The molecule has 1 amide bonds. The Morgan fingerprint density at radius 3 is 2.65 bits per heavy atom. The average molecular weight is 298 g/mol. The van der Waals surface area contributed by atoms with Crippen molar-refractivity contribution in [2.45, 2.75) is 19.1 Å². The first-order valence-corrected chi connectivity index (χ1v) is 8.36. The lowest BCUT2D eigenvalue weighted by molar-refractivity contribution is -0.127. The van der Waals surface area contributed by atoms with E-state index in [0.717, 1.165) is 5.56 Å². The lowest BCUT2D eigenvalue weighted by atomic mass is 10.2. The largest absolute Gasteiger partial charge is 0.345 e. The van der Waals surface area contributed by atoms with E-state index < -0.39 is 15.6 Å². The molecular weight excluding hydrogens is 276 g/mol. The summed E-state index contributed by atoms with van der Waals surface area (Å²) < 4.78 is 24.1. The molecule has 1 aromatic rings. The second kappa shape index (κ2) is 7.40. The maximum Gasteiger partial charge on any atom is 0.237 e. The Morgan fingerprint density at radius 2 is 2.05 bits per heavy atom. The third-order valence-corrected chi connectivity index (χ3v) is 4.40. The van der Waals surface area contributed by atoms with Crippen LogP contribution in [-0.4, -0.2) is 45.1 Å². The quantitative estimate of drug-likeness (QED) is 0.804. The van der Waals surface area contributed by atoms with E-state index in [-0.39, 0.29) is 11.7 Å². The molecule has 0 spiro atoms. The van der Waals surface area contributed by atoms with Crippen molar-refractivity contribution in [1.29, 1.82) is 0 Å². The number of carbonyl (C=O) groups excluding carboxylic acids is 1. The normalized spacial score (nSPS) is 11.3. The number of nitrogens with two attached hydrogens (primary N) is 1. The zero-order valence-electron chi connectivity index (χ0n) is 12.0. The summed E-state index contributed by atoms with van der Waals surface area (Å²) in [7, 11) is -1.85. The Bertz CT molecular complexity index is 555. The highest BCUT2D eigenvalue weighted by molar-refractivity contribution is 7.91. The zero-order valence-corrected chi connectivity index (χ0v) is 12.8. The molecule has 0 saturated heterocycles. The molecule has 0 atom stereocenters. The van der Waals surface area contributed by atoms with Gasteiger partial charge in [0.25, 0.3) is 0 Å². The van der Waals surface area contributed by atoms with Crippen molar-refractivity contribution in [2.24, 2.45) is 5.73 Å². The molecule has 0 saturated carbocycles. The monoisotopic (exact) mass is 298 g/mol. The Balaban J connectivity index is 2.63. The molecular formula is C14H22N2O3S. The van der Waals surface area contributed by atoms with Crippen LogP contribution in [0.15, 0.2) is 24.3 Å². The van der Waals surface area contributed by atoms with Gasteiger partial charge in [-0.3, -0.25) is 4.79 Å². The number of rotatable bonds is 7. The van der Waals surface area contributed by atoms with Crippen molar-refractivity contribution in [3.8, 4) is 0 Å². The molecule has 5 nitrogen and oxygen atoms in total. The first-order chi connectivity index (χ1) is 9.34. The van der Waals surface area contributed by atoms with Gasteiger partial charge in [0.1, 0.15) is 5.75 Å². The van der Waals surface area contributed by atoms with E-state index in [4.69, 9.17) is 5.73 Å². The lowest BCUT2D eigenvalue weighted by Crippen LogP contribution is -2.34. The Morgan fingerprint density at radius 1 is 1.35 bits per heavy atom. The van der Waals surface area contributed by atoms with E-state index >= 15 is 0 Å². The molecule has 0 unspecified atom stereocenters. The van der Waals surface area contributed by atoms with Crippen LogP contribution in [0.1, 0.15) is 17.5 Å². The molecule has 0 aromatic heterocycles. The second-order valence-electron chi connectivity index (χ2n) is 4.98. The van der Waals surface area contributed by atoms with Gasteiger partial charge in [0.05, 0.1) is 5.75 Å². The standard InChI is InChI=1S/C14H22N2O3S/c1-12-5-3-6-13(9-12)10-20(18,19)11-14(17)16(2)8-4-7-15/h3,5-6,9H,4,7-8,10-11,15H2,1-2H3. The summed E-state index contributed by atoms with van der Waals surface area (Å²) in [6, 6.07) is 7.30. The molecule has 6 heteroatoms. The highest BCUT2D eigenvalue weighted by Crippen LogP contribution is 2.09. The Labute approximate surface area is 120 Å². The summed E-state index contributed by atoms with van der Waals surface area (Å²) >= 11 is 0. The van der Waals surface area contributed by atoms with Crippen LogP contribution in [0.25, 0.3) is 0 Å². The van der Waals surface area contributed by atoms with E-state index in [1.54, 1.807) is 13.1 Å². The third-order valence-electron chi connectivity index (χ3n) is 2.94. The SMILES string of the molecule is Cc1cccc(CS(=O)(=O)CC(=O)N(C)CCCN)c1. The van der Waals surface area contributed by atoms with Crippen molar-refractivity contribution in [3.05, 3.63) is 35.4 Å². The fourth-order valence-corrected chi connectivity index (χ4v) is 3.24. The highest BCUT2D eigenvalue weighted by atomic mass is 32.2. The third kappa shape index (κ3) is 5.71. The topological polar surface area (TPSA) is 80.5 Å². The minimum atomic E-state index is -3.44. The number of amides is 1. The summed E-state index contributed by atoms with van der Waals surface area (Å²) in [5, 5.41) is 0. The summed E-state index contributed by atoms with van der Waals surface area (Å²) in [6.07, 6.45) is 0.667. The molecule has 20 heavy (non-hydrogen) atoms. The number of benzene rings is 1. The molecule has 0 fully saturated rings. The van der Waals surface area contributed by atoms with E-state index in [1.807, 2.05) is 25.1 Å². The molecule has 1 rings (SSSR count). The Hall–Kier alpha value is -1.40. The molecule has 0 aliphatic carbocycles. The van der Waals surface area contributed by atoms with Gasteiger partial charge in [-0.15, -0.1) is 0 Å². The molecule has 0 bridgehead atoms. The van der Waals surface area contributed by atoms with Gasteiger partial charge >= 0.3 is 0 Å². The van der Waals surface area contributed by atoms with Crippen molar-refractivity contribution in [1.82, 2.24) is 4.90 Å². The Kier molecular flexibility index (Phi) is 6.16. The minimum Gasteiger partial charge on any atom is -0.345 e. The van der Waals surface area contributed by atoms with Crippen molar-refractivity contribution >= 4 is 15.7 Å². The molecule has 2 N–H and O–H groups in total. The van der Waals surface area contributed by atoms with Crippen LogP contribution in [0.5, 0.6) is 0 Å². The second-order valence-corrected chi connectivity index (χ2v) is 7.04. The van der Waals surface area contributed by atoms with Crippen molar-refractivity contribution < 1.29 is 13.2 Å². The van der Waals surface area contributed by atoms with Crippen molar-refractivity contribution in [3.63, 3.8) is 0 Å². The molecule has 0 heterocycles. The average Bonchev–Trinajstić information content (AvgIpc) is 2.34. The van der Waals surface area contributed by atoms with Crippen LogP contribution < -0.4 is 5.73 Å². The van der Waals surface area contributed by atoms with Gasteiger partial charge in [-0.05, 0) is 25.5 Å². The smallest absolute Gasteiger partial charge is 0.237 e. The lowest BCUT2D eigenvalue weighted by Gasteiger charge is -2.16. The highest BCUT2D eigenvalue weighted by Gasteiger charge is 2.20. The van der Waals surface area contributed by atoms with Gasteiger partial charge in [0.15, 0.2) is 9.84 Å². The van der Waals surface area contributed by atoms with E-state index in [2.05, 4.69) is 0 Å². The van der Waals surface area contributed by atoms with Gasteiger partial charge in [-0.25, -0.2) is 8.42 Å². The summed E-state index contributed by atoms with van der Waals surface area (Å²) in [4.78, 5) is 13.2. The predicted molar refractivity (Wildman–Crippen MR) is 80.0 cm³/mol. The van der Waals surface area contributed by atoms with Gasteiger partial charge in [0, 0.05) is 13.6 Å². The zero-order chi connectivity index (χ0) is 15.2. The maximum atomic E-state index is 12.0. The number of hydrogen-bond donors (Lipinski definition) is 1. The van der Waals surface area contributed by atoms with Gasteiger partial charge in [-0.2, -0.15) is 0 Å². The van der Waals surface area contributed by atoms with E-state index in [9.17, 15) is 13.2 Å². The predicted octanol–water partition coefficient (Wildman–Crippen LogP) is 0.717. The molecule has 0 aliphatic rings. The number of sulfone groups is 1. The van der Waals surface area contributed by atoms with Crippen LogP contribution >= 0.6 is 0 Å². The van der Waals surface area contributed by atoms with Gasteiger partial charge in [0.2, 0.25) is 5.91 Å². The number of aryl methyl sites for hydroxylation is 1. The fourth-order valence-electron chi connectivity index (χ4n) is 1.86. The van der Waals surface area contributed by atoms with Crippen LogP contribution in [-0.2, 0) is 20.4 Å². The molecule has 1 aromatic carbocycles. The summed E-state index contributed by atoms with van der Waals surface area (Å²) in [5.41, 5.74) is 7.08. The van der Waals surface area contributed by atoms with Gasteiger partial charge < -0.3 is 10.6 Å². The number of carbonyl (C=O) groups is 1. The minimum absolute atomic E-state index is 0.106. The summed E-state index contributed by atoms with van der Waals surface area (Å²) in [6.45, 7) is 2.87. The number of hydrogen-bond acceptors (Lipinski definition) is 4. The van der Waals surface area contributed by atoms with Crippen LogP contribution in [0, 0.1) is 6.92 Å². The fraction of sp³-hybridized carbons (Fsp3) is 0.500. The maximum absolute atomic E-state index is 12.0. The van der Waals surface area contributed by atoms with E-state index in [0.29, 0.717) is 25.1 Å². The van der Waals surface area contributed by atoms with Gasteiger partial charge in [-0.1, -0.05) is 29.8 Å².